The van der Waals surface area contributed by atoms with E-state index in [0.29, 0.717) is 5.56 Å². The van der Waals surface area contributed by atoms with Gasteiger partial charge in [-0.05, 0) is 44.8 Å². The third-order valence-corrected chi connectivity index (χ3v) is 4.67. The predicted octanol–water partition coefficient (Wildman–Crippen LogP) is 2.48. The SMILES string of the molecule is CC(/C(N)=N/O)N(C)C(=O)c1cc(Br)sc1Br. The van der Waals surface area contributed by atoms with E-state index >= 15 is 0 Å². The number of carbonyl (C=O) groups excluding carboxylic acids is 1. The average molecular weight is 385 g/mol. The minimum atomic E-state index is -0.474. The second kappa shape index (κ2) is 5.83. The van der Waals surface area contributed by atoms with Gasteiger partial charge in [0.05, 0.1) is 19.2 Å². The summed E-state index contributed by atoms with van der Waals surface area (Å²) in [5, 5.41) is 11.5. The van der Waals surface area contributed by atoms with Crippen LogP contribution >= 0.6 is 43.2 Å². The molecule has 0 aliphatic rings. The number of hydrogen-bond donors (Lipinski definition) is 2. The first kappa shape index (κ1) is 14.5. The van der Waals surface area contributed by atoms with Crippen molar-refractivity contribution in [1.82, 2.24) is 4.90 Å². The first-order valence-corrected chi connectivity index (χ1v) is 6.98. The van der Waals surface area contributed by atoms with Crippen LogP contribution in [-0.4, -0.2) is 34.9 Å². The maximum atomic E-state index is 12.1. The summed E-state index contributed by atoms with van der Waals surface area (Å²) in [4.78, 5) is 13.5. The minimum Gasteiger partial charge on any atom is -0.409 e. The summed E-state index contributed by atoms with van der Waals surface area (Å²) in [6.45, 7) is 1.68. The maximum absolute atomic E-state index is 12.1. The van der Waals surface area contributed by atoms with Crippen LogP contribution in [0.5, 0.6) is 0 Å². The zero-order valence-electron chi connectivity index (χ0n) is 9.15. The number of hydrogen-bond acceptors (Lipinski definition) is 4. The van der Waals surface area contributed by atoms with Crippen LogP contribution < -0.4 is 5.73 Å². The zero-order chi connectivity index (χ0) is 13.2. The van der Waals surface area contributed by atoms with Crippen LogP contribution in [0.3, 0.4) is 0 Å². The quantitative estimate of drug-likeness (QED) is 0.363. The Labute approximate surface area is 120 Å². The van der Waals surface area contributed by atoms with Crippen molar-refractivity contribution < 1.29 is 10.0 Å². The van der Waals surface area contributed by atoms with Gasteiger partial charge in [-0.15, -0.1) is 11.3 Å². The van der Waals surface area contributed by atoms with Gasteiger partial charge in [0.2, 0.25) is 0 Å². The van der Waals surface area contributed by atoms with Gasteiger partial charge in [0.25, 0.3) is 5.91 Å². The van der Waals surface area contributed by atoms with E-state index in [9.17, 15) is 4.79 Å². The fourth-order valence-corrected chi connectivity index (χ4v) is 3.91. The van der Waals surface area contributed by atoms with Crippen LogP contribution in [-0.2, 0) is 0 Å². The predicted molar refractivity (Wildman–Crippen MR) is 74.7 cm³/mol. The molecule has 0 fully saturated rings. The molecule has 1 aromatic heterocycles. The maximum Gasteiger partial charge on any atom is 0.256 e. The smallest absolute Gasteiger partial charge is 0.256 e. The molecule has 0 saturated heterocycles. The summed E-state index contributed by atoms with van der Waals surface area (Å²) >= 11 is 8.04. The third kappa shape index (κ3) is 3.20. The lowest BCUT2D eigenvalue weighted by Gasteiger charge is -2.23. The Morgan fingerprint density at radius 1 is 1.65 bits per heavy atom. The molecule has 17 heavy (non-hydrogen) atoms. The lowest BCUT2D eigenvalue weighted by atomic mass is 10.2. The highest BCUT2D eigenvalue weighted by Crippen LogP contribution is 2.32. The molecule has 0 bridgehead atoms. The van der Waals surface area contributed by atoms with Gasteiger partial charge in [-0.2, -0.15) is 0 Å². The summed E-state index contributed by atoms with van der Waals surface area (Å²) in [7, 11) is 1.60. The summed E-state index contributed by atoms with van der Waals surface area (Å²) in [5.74, 6) is -0.204. The molecule has 0 radical (unpaired) electrons. The van der Waals surface area contributed by atoms with E-state index in [2.05, 4.69) is 37.0 Å². The van der Waals surface area contributed by atoms with Crippen LogP contribution in [0.4, 0.5) is 0 Å². The Kier molecular flexibility index (Phi) is 4.96. The van der Waals surface area contributed by atoms with Crippen molar-refractivity contribution in [2.45, 2.75) is 13.0 Å². The second-order valence-electron chi connectivity index (χ2n) is 3.35. The van der Waals surface area contributed by atoms with E-state index in [1.165, 1.54) is 16.2 Å². The molecule has 0 saturated carbocycles. The lowest BCUT2D eigenvalue weighted by Crippen LogP contribution is -2.43. The number of rotatable bonds is 3. The fraction of sp³-hybridized carbons (Fsp3) is 0.333. The van der Waals surface area contributed by atoms with Crippen LogP contribution in [0.15, 0.2) is 18.8 Å². The second-order valence-corrected chi connectivity index (χ2v) is 7.10. The van der Waals surface area contributed by atoms with E-state index in [4.69, 9.17) is 10.9 Å². The molecule has 8 heteroatoms. The Morgan fingerprint density at radius 2 is 2.24 bits per heavy atom. The Bertz CT molecular complexity index is 461. The summed E-state index contributed by atoms with van der Waals surface area (Å²) < 4.78 is 1.60. The van der Waals surface area contributed by atoms with Crippen LogP contribution in [0.2, 0.25) is 0 Å². The average Bonchev–Trinajstić information content (AvgIpc) is 2.64. The van der Waals surface area contributed by atoms with Crippen molar-refractivity contribution in [3.63, 3.8) is 0 Å². The highest BCUT2D eigenvalue weighted by atomic mass is 79.9. The largest absolute Gasteiger partial charge is 0.409 e. The Hall–Kier alpha value is -0.600. The molecule has 0 aliphatic heterocycles. The first-order valence-electron chi connectivity index (χ1n) is 4.58. The van der Waals surface area contributed by atoms with Gasteiger partial charge < -0.3 is 15.8 Å². The molecule has 1 heterocycles. The molecule has 1 atom stereocenters. The van der Waals surface area contributed by atoms with Crippen molar-refractivity contribution in [2.24, 2.45) is 10.9 Å². The van der Waals surface area contributed by atoms with E-state index in [0.717, 1.165) is 7.57 Å². The molecule has 0 aliphatic carbocycles. The number of amidine groups is 1. The first-order chi connectivity index (χ1) is 7.88. The van der Waals surface area contributed by atoms with Crippen molar-refractivity contribution in [3.8, 4) is 0 Å². The van der Waals surface area contributed by atoms with Gasteiger partial charge in [0.15, 0.2) is 5.84 Å². The highest BCUT2D eigenvalue weighted by molar-refractivity contribution is 9.12. The number of oxime groups is 1. The topological polar surface area (TPSA) is 78.9 Å². The highest BCUT2D eigenvalue weighted by Gasteiger charge is 2.23. The van der Waals surface area contributed by atoms with Gasteiger partial charge in [-0.3, -0.25) is 4.79 Å². The molecule has 3 N–H and O–H groups in total. The molecule has 1 unspecified atom stereocenters. The summed E-state index contributed by atoms with van der Waals surface area (Å²) in [6.07, 6.45) is 0. The van der Waals surface area contributed by atoms with E-state index < -0.39 is 6.04 Å². The molecule has 0 spiro atoms. The van der Waals surface area contributed by atoms with Gasteiger partial charge in [-0.1, -0.05) is 5.16 Å². The normalized spacial score (nSPS) is 13.5. The molecular weight excluding hydrogens is 374 g/mol. The van der Waals surface area contributed by atoms with Gasteiger partial charge in [0, 0.05) is 7.05 Å². The monoisotopic (exact) mass is 383 g/mol. The fourth-order valence-electron chi connectivity index (χ4n) is 1.13. The van der Waals surface area contributed by atoms with Crippen LogP contribution in [0.1, 0.15) is 17.3 Å². The van der Waals surface area contributed by atoms with Crippen molar-refractivity contribution >= 4 is 54.9 Å². The minimum absolute atomic E-state index is 0.00809. The lowest BCUT2D eigenvalue weighted by molar-refractivity contribution is 0.0776. The van der Waals surface area contributed by atoms with Crippen LogP contribution in [0, 0.1) is 0 Å². The third-order valence-electron chi connectivity index (χ3n) is 2.33. The molecule has 0 aromatic carbocycles. The summed E-state index contributed by atoms with van der Waals surface area (Å²) in [6, 6.07) is 1.25. The number of thiophene rings is 1. The molecule has 1 rings (SSSR count). The number of carbonyl (C=O) groups is 1. The molecule has 1 amide bonds. The van der Waals surface area contributed by atoms with Crippen molar-refractivity contribution in [3.05, 3.63) is 19.2 Å². The number of nitrogens with zero attached hydrogens (tertiary/aromatic N) is 2. The van der Waals surface area contributed by atoms with Gasteiger partial charge in [0.1, 0.15) is 0 Å². The molecule has 1 aromatic rings. The Morgan fingerprint density at radius 3 is 2.65 bits per heavy atom. The zero-order valence-corrected chi connectivity index (χ0v) is 13.1. The Balaban J connectivity index is 2.94. The number of likely N-dealkylation sites (N-methyl/N-ethyl adjacent to an activating group) is 1. The molecule has 5 nitrogen and oxygen atoms in total. The van der Waals surface area contributed by atoms with Gasteiger partial charge >= 0.3 is 0 Å². The number of nitrogens with two attached hydrogens (primary N) is 1. The van der Waals surface area contributed by atoms with Crippen molar-refractivity contribution in [2.75, 3.05) is 7.05 Å². The van der Waals surface area contributed by atoms with Crippen LogP contribution in [0.25, 0.3) is 0 Å². The molecular formula is C9H11Br2N3O2S. The number of halogens is 2. The van der Waals surface area contributed by atoms with Gasteiger partial charge in [-0.25, -0.2) is 0 Å². The van der Waals surface area contributed by atoms with E-state index in [1.54, 1.807) is 20.0 Å². The summed E-state index contributed by atoms with van der Waals surface area (Å²) in [5.41, 5.74) is 6.01. The van der Waals surface area contributed by atoms with E-state index in [-0.39, 0.29) is 11.7 Å². The van der Waals surface area contributed by atoms with Crippen molar-refractivity contribution in [1.29, 1.82) is 0 Å². The van der Waals surface area contributed by atoms with E-state index in [1.807, 2.05) is 0 Å². The number of amides is 1. The standard InChI is InChI=1S/C9H11Br2N3O2S/c1-4(8(12)13-16)14(2)9(15)5-3-6(10)17-7(5)11/h3-4,16H,1-2H3,(H2,12,13). The molecule has 94 valence electrons.